The molecule has 4 N–H and O–H groups in total. The summed E-state index contributed by atoms with van der Waals surface area (Å²) < 4.78 is 8.62. The number of halogens is 2. The zero-order chi connectivity index (χ0) is 29.9. The van der Waals surface area contributed by atoms with E-state index in [0.717, 1.165) is 48.8 Å². The minimum atomic E-state index is -0.671. The molecule has 0 aromatic heterocycles. The first-order chi connectivity index (χ1) is 20.3. The first kappa shape index (κ1) is 32.5. The number of aliphatic hydroxyl groups excluding tert-OH is 1. The van der Waals surface area contributed by atoms with Crippen molar-refractivity contribution in [2.45, 2.75) is 75.2 Å². The maximum Gasteiger partial charge on any atom is 0.417 e. The van der Waals surface area contributed by atoms with Crippen LogP contribution in [0.2, 0.25) is 10.0 Å². The molecule has 228 valence electrons. The minimum absolute atomic E-state index is 0.0488. The van der Waals surface area contributed by atoms with Crippen molar-refractivity contribution in [3.05, 3.63) is 69.7 Å². The lowest BCUT2D eigenvalue weighted by atomic mass is 9.86. The molecule has 1 aliphatic carbocycles. The van der Waals surface area contributed by atoms with Crippen LogP contribution in [0.4, 0.5) is 4.79 Å². The van der Waals surface area contributed by atoms with Crippen molar-refractivity contribution in [2.24, 2.45) is 11.8 Å². The van der Waals surface area contributed by atoms with Gasteiger partial charge >= 0.3 is 6.09 Å². The van der Waals surface area contributed by atoms with E-state index in [9.17, 15) is 19.5 Å². The number of ether oxygens (including phenoxy) is 1. The number of aliphatic hydroxyl groups is 1. The Balaban J connectivity index is 1.41. The highest BCUT2D eigenvalue weighted by Gasteiger charge is 2.31. The van der Waals surface area contributed by atoms with Crippen molar-refractivity contribution in [1.82, 2.24) is 15.4 Å². The molecule has 2 aliphatic rings. The third-order valence-corrected chi connectivity index (χ3v) is 9.37. The van der Waals surface area contributed by atoms with Gasteiger partial charge in [0, 0.05) is 28.9 Å². The minimum Gasteiger partial charge on any atom is -0.440 e. The molecule has 42 heavy (non-hydrogen) atoms. The fourth-order valence-electron chi connectivity index (χ4n) is 5.71. The zero-order valence-electron chi connectivity index (χ0n) is 23.5. The maximum absolute atomic E-state index is 13.4. The number of carbonyl (C=O) groups excluding carboxylic acids is 3. The van der Waals surface area contributed by atoms with Crippen molar-refractivity contribution in [2.75, 3.05) is 13.2 Å². The number of amides is 3. The second-order valence-electron chi connectivity index (χ2n) is 11.1. The van der Waals surface area contributed by atoms with Crippen LogP contribution in [0.1, 0.15) is 68.6 Å². The topological polar surface area (TPSA) is 117 Å². The summed E-state index contributed by atoms with van der Waals surface area (Å²) in [6.07, 6.45) is 6.25. The quantitative estimate of drug-likeness (QED) is 0.201. The summed E-state index contributed by atoms with van der Waals surface area (Å²) in [6, 6.07) is 14.0. The lowest BCUT2D eigenvalue weighted by Gasteiger charge is -2.27. The molecule has 1 heterocycles. The van der Waals surface area contributed by atoms with Crippen LogP contribution in [0.15, 0.2) is 48.5 Å². The van der Waals surface area contributed by atoms with Gasteiger partial charge in [-0.1, -0.05) is 79.6 Å². The van der Waals surface area contributed by atoms with Gasteiger partial charge in [-0.3, -0.25) is 14.3 Å². The standard InChI is InChI=1S/C31H39Cl2N3O5S/c32-24-10-4-8-21(14-24)15-27(22-9-5-11-25(33)17-22)41-31(40)36-42-28(16-20-6-2-1-3-7-20)30(39)35-26(19-37)18-23-12-13-34-29(23)38/h4-5,8-11,14,17,20,23,26-28,37H,1-3,6-7,12-13,15-16,18-19H2,(H,34,38)(H,35,39)(H,36,40)/t23-,26-,27?,28-/m0/s1. The molecule has 3 amide bonds. The molecule has 11 heteroatoms. The molecule has 1 saturated carbocycles. The normalized spacial score (nSPS) is 19.4. The Morgan fingerprint density at radius 2 is 1.76 bits per heavy atom. The highest BCUT2D eigenvalue weighted by molar-refractivity contribution is 7.99. The molecule has 0 spiro atoms. The Hall–Kier alpha value is -2.46. The zero-order valence-corrected chi connectivity index (χ0v) is 25.9. The molecule has 4 rings (SSSR count). The van der Waals surface area contributed by atoms with Gasteiger partial charge in [-0.05, 0) is 72.5 Å². The smallest absolute Gasteiger partial charge is 0.417 e. The predicted molar refractivity (Wildman–Crippen MR) is 166 cm³/mol. The Morgan fingerprint density at radius 3 is 2.43 bits per heavy atom. The van der Waals surface area contributed by atoms with Crippen molar-refractivity contribution < 1.29 is 24.2 Å². The summed E-state index contributed by atoms with van der Waals surface area (Å²) >= 11 is 13.4. The summed E-state index contributed by atoms with van der Waals surface area (Å²) in [5.41, 5.74) is 1.63. The van der Waals surface area contributed by atoms with Crippen LogP contribution in [-0.4, -0.2) is 47.5 Å². The molecule has 2 fully saturated rings. The van der Waals surface area contributed by atoms with Crippen molar-refractivity contribution in [1.29, 1.82) is 0 Å². The van der Waals surface area contributed by atoms with Gasteiger partial charge in [-0.25, -0.2) is 4.79 Å². The van der Waals surface area contributed by atoms with Crippen LogP contribution in [0.25, 0.3) is 0 Å². The van der Waals surface area contributed by atoms with E-state index < -0.39 is 23.5 Å². The van der Waals surface area contributed by atoms with Crippen molar-refractivity contribution >= 4 is 53.1 Å². The van der Waals surface area contributed by atoms with E-state index >= 15 is 0 Å². The van der Waals surface area contributed by atoms with Gasteiger partial charge in [-0.2, -0.15) is 0 Å². The third-order valence-electron chi connectivity index (χ3n) is 7.93. The Bertz CT molecular complexity index is 1210. The lowest BCUT2D eigenvalue weighted by Crippen LogP contribution is -2.45. The van der Waals surface area contributed by atoms with E-state index in [4.69, 9.17) is 27.9 Å². The number of nitrogens with one attached hydrogen (secondary N) is 3. The van der Waals surface area contributed by atoms with Gasteiger partial charge in [0.2, 0.25) is 11.8 Å². The first-order valence-corrected chi connectivity index (χ1v) is 16.3. The summed E-state index contributed by atoms with van der Waals surface area (Å²) in [5, 5.41) is 16.2. The predicted octanol–water partition coefficient (Wildman–Crippen LogP) is 5.99. The van der Waals surface area contributed by atoms with Crippen LogP contribution < -0.4 is 15.4 Å². The number of carbonyl (C=O) groups is 3. The molecule has 8 nitrogen and oxygen atoms in total. The second kappa shape index (κ2) is 16.4. The molecule has 0 radical (unpaired) electrons. The Morgan fingerprint density at radius 1 is 1.02 bits per heavy atom. The highest BCUT2D eigenvalue weighted by Crippen LogP contribution is 2.31. The van der Waals surface area contributed by atoms with Crippen LogP contribution in [0.5, 0.6) is 0 Å². The first-order valence-electron chi connectivity index (χ1n) is 14.6. The SMILES string of the molecule is O=C(NS[C@@H](CC1CCCCC1)C(=O)N[C@H](CO)C[C@@H]1CCNC1=O)OC(Cc1cccc(Cl)c1)c1cccc(Cl)c1. The highest BCUT2D eigenvalue weighted by atomic mass is 35.5. The molecule has 4 atom stereocenters. The lowest BCUT2D eigenvalue weighted by molar-refractivity contribution is -0.125. The van der Waals surface area contributed by atoms with E-state index in [-0.39, 0.29) is 24.3 Å². The van der Waals surface area contributed by atoms with Crippen molar-refractivity contribution in [3.63, 3.8) is 0 Å². The van der Waals surface area contributed by atoms with E-state index in [0.29, 0.717) is 48.2 Å². The fraction of sp³-hybridized carbons (Fsp3) is 0.516. The van der Waals surface area contributed by atoms with E-state index in [1.807, 2.05) is 24.3 Å². The van der Waals surface area contributed by atoms with Crippen LogP contribution in [0.3, 0.4) is 0 Å². The molecule has 1 unspecified atom stereocenters. The summed E-state index contributed by atoms with van der Waals surface area (Å²) in [4.78, 5) is 38.6. The number of hydrogen-bond donors (Lipinski definition) is 4. The summed E-state index contributed by atoms with van der Waals surface area (Å²) in [7, 11) is 0. The maximum atomic E-state index is 13.4. The second-order valence-corrected chi connectivity index (χ2v) is 13.0. The van der Waals surface area contributed by atoms with E-state index in [1.165, 1.54) is 6.42 Å². The van der Waals surface area contributed by atoms with Gasteiger partial charge < -0.3 is 20.5 Å². The summed E-state index contributed by atoms with van der Waals surface area (Å²) in [6.45, 7) is 0.339. The monoisotopic (exact) mass is 635 g/mol. The van der Waals surface area contributed by atoms with E-state index in [1.54, 1.807) is 24.3 Å². The average Bonchev–Trinajstić information content (AvgIpc) is 3.38. The number of benzene rings is 2. The van der Waals surface area contributed by atoms with Gasteiger partial charge in [0.05, 0.1) is 12.6 Å². The van der Waals surface area contributed by atoms with Gasteiger partial charge in [0.25, 0.3) is 0 Å². The molecule has 2 aromatic carbocycles. The molecule has 0 bridgehead atoms. The Kier molecular flexibility index (Phi) is 12.7. The van der Waals surface area contributed by atoms with Crippen LogP contribution in [-0.2, 0) is 20.7 Å². The molecule has 2 aromatic rings. The molecular weight excluding hydrogens is 597 g/mol. The Labute approximate surface area is 261 Å². The fourth-order valence-corrected chi connectivity index (χ4v) is 6.95. The third kappa shape index (κ3) is 10.1. The number of rotatable bonds is 13. The van der Waals surface area contributed by atoms with Gasteiger partial charge in [-0.15, -0.1) is 0 Å². The van der Waals surface area contributed by atoms with Gasteiger partial charge in [0.15, 0.2) is 0 Å². The van der Waals surface area contributed by atoms with Crippen molar-refractivity contribution in [3.8, 4) is 0 Å². The molecule has 1 saturated heterocycles. The van der Waals surface area contributed by atoms with Crippen LogP contribution in [0, 0.1) is 11.8 Å². The number of hydrogen-bond acceptors (Lipinski definition) is 6. The average molecular weight is 637 g/mol. The summed E-state index contributed by atoms with van der Waals surface area (Å²) in [5.74, 6) is -0.182. The molecule has 1 aliphatic heterocycles. The molecular formula is C31H39Cl2N3O5S. The van der Waals surface area contributed by atoms with Gasteiger partial charge in [0.1, 0.15) is 11.4 Å². The largest absolute Gasteiger partial charge is 0.440 e. The van der Waals surface area contributed by atoms with Crippen LogP contribution >= 0.6 is 35.1 Å². The van der Waals surface area contributed by atoms with E-state index in [2.05, 4.69) is 15.4 Å².